The van der Waals surface area contributed by atoms with Gasteiger partial charge in [0.05, 0.1) is 78.2 Å². The van der Waals surface area contributed by atoms with E-state index in [0.717, 1.165) is 37.3 Å². The Bertz CT molecular complexity index is 2550. The van der Waals surface area contributed by atoms with E-state index < -0.39 is 11.9 Å². The normalized spacial score (nSPS) is 13.3. The summed E-state index contributed by atoms with van der Waals surface area (Å²) in [4.78, 5) is 68.9. The van der Waals surface area contributed by atoms with Crippen LogP contribution in [-0.4, -0.2) is 138 Å². The van der Waals surface area contributed by atoms with Crippen LogP contribution >= 0.6 is 0 Å². The molecule has 0 atom stereocenters. The van der Waals surface area contributed by atoms with E-state index in [0.29, 0.717) is 73.3 Å². The van der Waals surface area contributed by atoms with Gasteiger partial charge in [0.1, 0.15) is 30.0 Å². The fraction of sp³-hybridized carbons (Fsp3) is 0.345. The standard InChI is InChI=1S/C55H58N2O14.C3H6O2.5H2/c1-3-5-6-9-32-66-48-20-12-44(13-21-48)43-69-71-51-26-16-46(17-27-51)54(60)57-30-37-64-41-39-62-35-28-56(29-36-63-40-42-65-38-31-57)53(59)45-14-24-50(25-15-45)70-55(61)47-18-22-49(23-19-47)67-33-10-7-8-11-34-68-52(58)4-2;1-2-3-5-4;;;;;/h1,4,12-27H,2,7-8,10-11,28-31,33-43H2;2,4H,1,3H2;5*1H. The van der Waals surface area contributed by atoms with Gasteiger partial charge in [-0.25, -0.2) is 14.5 Å². The van der Waals surface area contributed by atoms with Crippen molar-refractivity contribution in [3.05, 3.63) is 145 Å². The molecule has 0 saturated carbocycles. The average Bonchev–Trinajstić information content (AvgIpc) is 3.44. The molecule has 1 N–H and O–H groups in total. The summed E-state index contributed by atoms with van der Waals surface area (Å²) in [5.41, 5.74) is 2.05. The molecule has 1 saturated heterocycles. The Morgan fingerprint density at radius 1 is 0.605 bits per heavy atom. The summed E-state index contributed by atoms with van der Waals surface area (Å²) in [6.45, 7) is 11.4. The minimum absolute atomic E-state index is 0. The smallest absolute Gasteiger partial charge is 0.343 e. The third-order valence-corrected chi connectivity index (χ3v) is 10.5. The number of nitrogens with zero attached hydrogens (tertiary/aromatic N) is 2. The zero-order valence-corrected chi connectivity index (χ0v) is 42.5. The number of benzene rings is 4. The molecule has 4 aromatic rings. The largest absolute Gasteiger partial charge is 0.494 e. The van der Waals surface area contributed by atoms with Gasteiger partial charge in [-0.15, -0.1) is 13.0 Å². The van der Waals surface area contributed by atoms with Gasteiger partial charge in [-0.3, -0.25) is 14.8 Å². The molecule has 76 heavy (non-hydrogen) atoms. The van der Waals surface area contributed by atoms with E-state index in [1.807, 2.05) is 12.1 Å². The van der Waals surface area contributed by atoms with E-state index in [9.17, 15) is 19.2 Å². The Kier molecular flexibility index (Phi) is 30.1. The molecule has 0 radical (unpaired) electrons. The number of terminal acetylenes is 1. The SMILES string of the molecule is C#CC#CC#COc1ccc(COOc2ccc(C(=O)N3CCOCCOCCN(C(=O)c4ccc(OC(=O)c5ccc(OCCCCCCOC(=O)C=C)cc5)cc4)CCOCCOCC3)cc2)cc1.C=CCOO.[HH].[HH].[HH].[HH].[HH]. The first-order valence-electron chi connectivity index (χ1n) is 24.5. The van der Waals surface area contributed by atoms with E-state index >= 15 is 0 Å². The fourth-order valence-corrected chi connectivity index (χ4v) is 6.54. The maximum Gasteiger partial charge on any atom is 0.343 e. The van der Waals surface area contributed by atoms with Crippen molar-refractivity contribution in [1.82, 2.24) is 9.80 Å². The predicted molar refractivity (Wildman–Crippen MR) is 291 cm³/mol. The quantitative estimate of drug-likeness (QED) is 0.0129. The van der Waals surface area contributed by atoms with E-state index in [-0.39, 0.29) is 90.8 Å². The molecule has 0 unspecified atom stereocenters. The van der Waals surface area contributed by atoms with Crippen LogP contribution in [-0.2, 0) is 44.9 Å². The second kappa shape index (κ2) is 37.7. The molecule has 5 rings (SSSR count). The highest BCUT2D eigenvalue weighted by Gasteiger charge is 2.19. The van der Waals surface area contributed by atoms with Gasteiger partial charge >= 0.3 is 11.9 Å². The van der Waals surface area contributed by atoms with Crippen molar-refractivity contribution < 1.29 is 84.1 Å². The predicted octanol–water partition coefficient (Wildman–Crippen LogP) is 8.62. The molecule has 412 valence electrons. The summed E-state index contributed by atoms with van der Waals surface area (Å²) in [5, 5.41) is 7.50. The van der Waals surface area contributed by atoms with Gasteiger partial charge in [-0.05, 0) is 128 Å². The first-order chi connectivity index (χ1) is 37.2. The molecule has 2 amide bonds. The number of amides is 2. The Labute approximate surface area is 451 Å². The van der Waals surface area contributed by atoms with Crippen LogP contribution in [0.1, 0.15) is 69.5 Å². The molecular formula is C58H74N2O16. The lowest BCUT2D eigenvalue weighted by Crippen LogP contribution is -2.38. The topological polar surface area (TPSA) is 197 Å². The lowest BCUT2D eigenvalue weighted by atomic mass is 10.2. The van der Waals surface area contributed by atoms with E-state index in [1.165, 1.54) is 6.08 Å². The van der Waals surface area contributed by atoms with Gasteiger partial charge in [0.25, 0.3) is 11.8 Å². The summed E-state index contributed by atoms with van der Waals surface area (Å²) < 4.78 is 44.9. The minimum Gasteiger partial charge on any atom is -0.494 e. The maximum atomic E-state index is 13.6. The Morgan fingerprint density at radius 2 is 1.11 bits per heavy atom. The van der Waals surface area contributed by atoms with Gasteiger partial charge in [0.15, 0.2) is 5.75 Å². The zero-order chi connectivity index (χ0) is 54.3. The minimum atomic E-state index is -0.547. The lowest BCUT2D eigenvalue weighted by Gasteiger charge is -2.24. The number of ether oxygens (including phenoxy) is 8. The van der Waals surface area contributed by atoms with E-state index in [1.54, 1.807) is 94.7 Å². The molecule has 1 fully saturated rings. The molecule has 4 aromatic carbocycles. The van der Waals surface area contributed by atoms with Crippen molar-refractivity contribution in [2.24, 2.45) is 0 Å². The third kappa shape index (κ3) is 24.8. The molecule has 0 aromatic heterocycles. The Hall–Kier alpha value is -7.96. The van der Waals surface area contributed by atoms with Gasteiger partial charge in [-0.2, -0.15) is 4.89 Å². The molecule has 0 bridgehead atoms. The lowest BCUT2D eigenvalue weighted by molar-refractivity contribution is -0.231. The van der Waals surface area contributed by atoms with Gasteiger partial charge in [0, 0.05) is 62.4 Å². The maximum absolute atomic E-state index is 13.6. The highest BCUT2D eigenvalue weighted by atomic mass is 17.2. The summed E-state index contributed by atoms with van der Waals surface area (Å²) in [6.07, 6.45) is 13.6. The fourth-order valence-electron chi connectivity index (χ4n) is 6.54. The van der Waals surface area contributed by atoms with Crippen molar-refractivity contribution in [3.63, 3.8) is 0 Å². The third-order valence-electron chi connectivity index (χ3n) is 10.5. The van der Waals surface area contributed by atoms with Crippen LogP contribution in [0.5, 0.6) is 23.0 Å². The summed E-state index contributed by atoms with van der Waals surface area (Å²) in [6, 6.07) is 26.8. The van der Waals surface area contributed by atoms with Crippen LogP contribution in [0.2, 0.25) is 0 Å². The number of carbonyl (C=O) groups excluding carboxylic acids is 4. The zero-order valence-electron chi connectivity index (χ0n) is 42.5. The Balaban J connectivity index is 0. The van der Waals surface area contributed by atoms with Crippen LogP contribution in [0, 0.1) is 36.2 Å². The van der Waals surface area contributed by atoms with Gasteiger partial charge in [0.2, 0.25) is 0 Å². The number of esters is 2. The van der Waals surface area contributed by atoms with Crippen molar-refractivity contribution in [2.75, 3.05) is 98.9 Å². The number of hydrogen-bond acceptors (Lipinski definition) is 16. The number of unbranched alkanes of at least 4 members (excludes halogenated alkanes) is 3. The molecule has 18 heteroatoms. The molecule has 1 aliphatic rings. The molecule has 0 aliphatic carbocycles. The average molecular weight is 1060 g/mol. The van der Waals surface area contributed by atoms with E-state index in [4.69, 9.17) is 59.4 Å². The molecule has 1 heterocycles. The van der Waals surface area contributed by atoms with Crippen LogP contribution in [0.3, 0.4) is 0 Å². The summed E-state index contributed by atoms with van der Waals surface area (Å²) >= 11 is 0. The second-order valence-electron chi connectivity index (χ2n) is 15.9. The van der Waals surface area contributed by atoms with Crippen LogP contribution in [0.25, 0.3) is 0 Å². The summed E-state index contributed by atoms with van der Waals surface area (Å²) in [7, 11) is 0. The van der Waals surface area contributed by atoms with Crippen LogP contribution in [0.15, 0.2) is 122 Å². The van der Waals surface area contributed by atoms with Crippen molar-refractivity contribution in [3.8, 4) is 59.2 Å². The summed E-state index contributed by atoms with van der Waals surface area (Å²) in [5.74, 6) is 9.99. The molecule has 0 spiro atoms. The van der Waals surface area contributed by atoms with Crippen molar-refractivity contribution >= 4 is 23.8 Å². The van der Waals surface area contributed by atoms with E-state index in [2.05, 4.69) is 47.8 Å². The molecule has 1 aliphatic heterocycles. The van der Waals surface area contributed by atoms with Gasteiger partial charge in [-0.1, -0.05) is 24.8 Å². The number of rotatable bonds is 20. The first-order valence-corrected chi connectivity index (χ1v) is 24.5. The second-order valence-corrected chi connectivity index (χ2v) is 15.9. The van der Waals surface area contributed by atoms with Crippen molar-refractivity contribution in [2.45, 2.75) is 32.3 Å². The van der Waals surface area contributed by atoms with Crippen molar-refractivity contribution in [1.29, 1.82) is 0 Å². The number of carbonyl (C=O) groups is 4. The van der Waals surface area contributed by atoms with Crippen LogP contribution in [0.4, 0.5) is 0 Å². The highest BCUT2D eigenvalue weighted by Crippen LogP contribution is 2.20. The number of hydrogen-bond donors (Lipinski definition) is 1. The first kappa shape index (κ1) is 60.6. The highest BCUT2D eigenvalue weighted by molar-refractivity contribution is 5.95. The van der Waals surface area contributed by atoms with Gasteiger partial charge < -0.3 is 52.6 Å². The monoisotopic (exact) mass is 1050 g/mol. The Morgan fingerprint density at radius 3 is 1.61 bits per heavy atom. The molecular weight excluding hydrogens is 981 g/mol. The van der Waals surface area contributed by atoms with Crippen LogP contribution < -0.4 is 19.1 Å². The molecule has 18 nitrogen and oxygen atoms in total.